The van der Waals surface area contributed by atoms with Crippen LogP contribution in [0, 0.1) is 0 Å². The lowest BCUT2D eigenvalue weighted by molar-refractivity contribution is -0.0151. The minimum absolute atomic E-state index is 0.450. The second-order valence-corrected chi connectivity index (χ2v) is 4.80. The summed E-state index contributed by atoms with van der Waals surface area (Å²) in [7, 11) is 0. The molecule has 0 amide bonds. The quantitative estimate of drug-likeness (QED) is 0.754. The van der Waals surface area contributed by atoms with Crippen LogP contribution >= 0.6 is 0 Å². The maximum absolute atomic E-state index is 5.76. The molecule has 0 aromatic heterocycles. The molecular weight excluding hydrogens is 190 g/mol. The Morgan fingerprint density at radius 2 is 2.13 bits per heavy atom. The van der Waals surface area contributed by atoms with Crippen LogP contribution in [-0.2, 0) is 9.47 Å². The third-order valence-electron chi connectivity index (χ3n) is 3.45. The van der Waals surface area contributed by atoms with E-state index in [-0.39, 0.29) is 0 Å². The van der Waals surface area contributed by atoms with Crippen molar-refractivity contribution in [3.05, 3.63) is 0 Å². The smallest absolute Gasteiger partial charge is 0.0704 e. The molecule has 2 fully saturated rings. The fourth-order valence-electron chi connectivity index (χ4n) is 2.44. The van der Waals surface area contributed by atoms with Gasteiger partial charge in [0.15, 0.2) is 0 Å². The Labute approximate surface area is 92.5 Å². The Morgan fingerprint density at radius 3 is 2.73 bits per heavy atom. The highest BCUT2D eigenvalue weighted by Crippen LogP contribution is 2.24. The van der Waals surface area contributed by atoms with Crippen molar-refractivity contribution in [1.82, 2.24) is 5.32 Å². The predicted octanol–water partition coefficient (Wildman–Crippen LogP) is 1.71. The highest BCUT2D eigenvalue weighted by molar-refractivity contribution is 4.87. The number of ether oxygens (including phenoxy) is 2. The van der Waals surface area contributed by atoms with Crippen LogP contribution in [0.5, 0.6) is 0 Å². The van der Waals surface area contributed by atoms with E-state index in [9.17, 15) is 0 Å². The molecule has 0 spiro atoms. The summed E-state index contributed by atoms with van der Waals surface area (Å²) in [6.45, 7) is 6.09. The molecular formula is C12H23NO2. The van der Waals surface area contributed by atoms with Crippen LogP contribution in [-0.4, -0.2) is 37.5 Å². The predicted molar refractivity (Wildman–Crippen MR) is 60.0 cm³/mol. The topological polar surface area (TPSA) is 30.5 Å². The van der Waals surface area contributed by atoms with Crippen molar-refractivity contribution in [1.29, 1.82) is 0 Å². The Hall–Kier alpha value is -0.120. The van der Waals surface area contributed by atoms with Gasteiger partial charge in [-0.25, -0.2) is 0 Å². The van der Waals surface area contributed by atoms with Crippen LogP contribution < -0.4 is 5.32 Å². The van der Waals surface area contributed by atoms with Gasteiger partial charge in [0.2, 0.25) is 0 Å². The summed E-state index contributed by atoms with van der Waals surface area (Å²) in [5.41, 5.74) is 0. The average molecular weight is 213 g/mol. The summed E-state index contributed by atoms with van der Waals surface area (Å²) in [6, 6.07) is 0.668. The number of rotatable bonds is 5. The van der Waals surface area contributed by atoms with Gasteiger partial charge in [0.05, 0.1) is 18.3 Å². The lowest BCUT2D eigenvalue weighted by Crippen LogP contribution is -2.47. The molecule has 2 rings (SSSR count). The van der Waals surface area contributed by atoms with Gasteiger partial charge in [-0.2, -0.15) is 0 Å². The Bertz CT molecular complexity index is 192. The normalized spacial score (nSPS) is 40.4. The molecule has 0 radical (unpaired) electrons. The first-order valence-corrected chi connectivity index (χ1v) is 6.28. The largest absolute Gasteiger partial charge is 0.378 e. The fraction of sp³-hybridized carbons (Fsp3) is 1.00. The third-order valence-corrected chi connectivity index (χ3v) is 3.45. The summed E-state index contributed by atoms with van der Waals surface area (Å²) in [6.07, 6.45) is 6.22. The van der Waals surface area contributed by atoms with Gasteiger partial charge in [0, 0.05) is 19.2 Å². The first-order chi connectivity index (χ1) is 7.28. The number of nitrogens with one attached hydrogen (secondary N) is 1. The minimum Gasteiger partial charge on any atom is -0.378 e. The molecule has 2 unspecified atom stereocenters. The summed E-state index contributed by atoms with van der Waals surface area (Å²) in [4.78, 5) is 0. The van der Waals surface area contributed by atoms with Gasteiger partial charge >= 0.3 is 0 Å². The molecule has 3 nitrogen and oxygen atoms in total. The molecule has 15 heavy (non-hydrogen) atoms. The fourth-order valence-corrected chi connectivity index (χ4v) is 2.44. The van der Waals surface area contributed by atoms with Crippen LogP contribution in [0.25, 0.3) is 0 Å². The van der Waals surface area contributed by atoms with Gasteiger partial charge in [-0.1, -0.05) is 0 Å². The monoisotopic (exact) mass is 213 g/mol. The van der Waals surface area contributed by atoms with Crippen molar-refractivity contribution in [2.75, 3.05) is 13.2 Å². The third kappa shape index (κ3) is 3.16. The van der Waals surface area contributed by atoms with Crippen LogP contribution in [0.15, 0.2) is 0 Å². The van der Waals surface area contributed by atoms with Crippen molar-refractivity contribution in [2.24, 2.45) is 0 Å². The van der Waals surface area contributed by atoms with Gasteiger partial charge in [-0.3, -0.25) is 0 Å². The molecule has 1 aliphatic heterocycles. The standard InChI is InChI=1S/C12H23NO2/c1-3-14-12-6-10(7-12)13-8-11-5-4-9(2)15-11/h9-13H,3-8H2,1-2H3. The van der Waals surface area contributed by atoms with Crippen molar-refractivity contribution in [3.63, 3.8) is 0 Å². The Kier molecular flexibility index (Phi) is 4.00. The molecule has 2 atom stereocenters. The molecule has 1 heterocycles. The van der Waals surface area contributed by atoms with Crippen LogP contribution in [0.3, 0.4) is 0 Å². The van der Waals surface area contributed by atoms with E-state index >= 15 is 0 Å². The maximum atomic E-state index is 5.76. The zero-order valence-electron chi connectivity index (χ0n) is 9.87. The van der Waals surface area contributed by atoms with Gasteiger partial charge in [0.1, 0.15) is 0 Å². The number of hydrogen-bond acceptors (Lipinski definition) is 3. The summed E-state index contributed by atoms with van der Waals surface area (Å²) >= 11 is 0. The molecule has 1 saturated carbocycles. The Balaban J connectivity index is 1.53. The van der Waals surface area contributed by atoms with E-state index in [0.29, 0.717) is 24.4 Å². The van der Waals surface area contributed by atoms with E-state index in [1.165, 1.54) is 25.7 Å². The first kappa shape index (κ1) is 11.4. The lowest BCUT2D eigenvalue weighted by atomic mass is 9.89. The molecule has 1 aliphatic carbocycles. The second kappa shape index (κ2) is 5.28. The molecule has 0 aromatic carbocycles. The van der Waals surface area contributed by atoms with Crippen LogP contribution in [0.4, 0.5) is 0 Å². The van der Waals surface area contributed by atoms with Crippen molar-refractivity contribution < 1.29 is 9.47 Å². The molecule has 88 valence electrons. The Morgan fingerprint density at radius 1 is 1.33 bits per heavy atom. The average Bonchev–Trinajstić information content (AvgIpc) is 2.55. The van der Waals surface area contributed by atoms with E-state index in [1.807, 2.05) is 0 Å². The minimum atomic E-state index is 0.450. The van der Waals surface area contributed by atoms with Crippen molar-refractivity contribution in [3.8, 4) is 0 Å². The molecule has 1 N–H and O–H groups in total. The molecule has 0 bridgehead atoms. The summed E-state index contributed by atoms with van der Waals surface area (Å²) in [5, 5.41) is 3.56. The van der Waals surface area contributed by atoms with Gasteiger partial charge in [-0.15, -0.1) is 0 Å². The van der Waals surface area contributed by atoms with Crippen molar-refractivity contribution >= 4 is 0 Å². The molecule has 1 saturated heterocycles. The van der Waals surface area contributed by atoms with E-state index in [2.05, 4.69) is 19.2 Å². The van der Waals surface area contributed by atoms with Gasteiger partial charge in [-0.05, 0) is 39.5 Å². The lowest BCUT2D eigenvalue weighted by Gasteiger charge is -2.36. The van der Waals surface area contributed by atoms with E-state index < -0.39 is 0 Å². The second-order valence-electron chi connectivity index (χ2n) is 4.80. The summed E-state index contributed by atoms with van der Waals surface area (Å²) in [5.74, 6) is 0. The van der Waals surface area contributed by atoms with E-state index in [0.717, 1.165) is 13.2 Å². The molecule has 2 aliphatic rings. The first-order valence-electron chi connectivity index (χ1n) is 6.28. The van der Waals surface area contributed by atoms with Crippen LogP contribution in [0.2, 0.25) is 0 Å². The highest BCUT2D eigenvalue weighted by atomic mass is 16.5. The SMILES string of the molecule is CCOC1CC(NCC2CCC(C)O2)C1. The van der Waals surface area contributed by atoms with E-state index in [1.54, 1.807) is 0 Å². The molecule has 0 aromatic rings. The highest BCUT2D eigenvalue weighted by Gasteiger charge is 2.30. The van der Waals surface area contributed by atoms with E-state index in [4.69, 9.17) is 9.47 Å². The van der Waals surface area contributed by atoms with Crippen LogP contribution in [0.1, 0.15) is 39.5 Å². The zero-order chi connectivity index (χ0) is 10.7. The maximum Gasteiger partial charge on any atom is 0.0704 e. The van der Waals surface area contributed by atoms with Gasteiger partial charge < -0.3 is 14.8 Å². The summed E-state index contributed by atoms with van der Waals surface area (Å²) < 4.78 is 11.3. The zero-order valence-corrected chi connectivity index (χ0v) is 9.87. The van der Waals surface area contributed by atoms with Crippen molar-refractivity contribution in [2.45, 2.75) is 63.9 Å². The molecule has 3 heteroatoms. The van der Waals surface area contributed by atoms with Gasteiger partial charge in [0.25, 0.3) is 0 Å². The number of hydrogen-bond donors (Lipinski definition) is 1.